The van der Waals surface area contributed by atoms with Gasteiger partial charge in [0.2, 0.25) is 0 Å². The van der Waals surface area contributed by atoms with Gasteiger partial charge in [0.15, 0.2) is 0 Å². The Morgan fingerprint density at radius 2 is 1.00 bits per heavy atom. The molecule has 0 aliphatic rings. The zero-order valence-corrected chi connectivity index (χ0v) is 11.6. The summed E-state index contributed by atoms with van der Waals surface area (Å²) >= 11 is 5.60. The summed E-state index contributed by atoms with van der Waals surface area (Å²) in [7, 11) is 0. The lowest BCUT2D eigenvalue weighted by Crippen LogP contribution is -1.81. The molecule has 0 spiro atoms. The Kier molecular flexibility index (Phi) is 20.0. The van der Waals surface area contributed by atoms with Gasteiger partial charge >= 0.3 is 0 Å². The molecule has 0 rings (SSSR count). The first kappa shape index (κ1) is 17.2. The molecule has 0 aromatic heterocycles. The van der Waals surface area contributed by atoms with Gasteiger partial charge < -0.3 is 0 Å². The molecule has 0 heterocycles. The van der Waals surface area contributed by atoms with Crippen LogP contribution in [0.4, 0.5) is 0 Å². The topological polar surface area (TPSA) is 0 Å². The van der Waals surface area contributed by atoms with E-state index in [-0.39, 0.29) is 17.4 Å². The van der Waals surface area contributed by atoms with Gasteiger partial charge in [0, 0.05) is 23.2 Å². The lowest BCUT2D eigenvalue weighted by molar-refractivity contribution is 0.563. The monoisotopic (exact) mass is 231 g/mol. The van der Waals surface area contributed by atoms with Gasteiger partial charge in [-0.05, 0) is 6.42 Å². The molecule has 0 N–H and O–H groups in total. The molecule has 0 aromatic carbocycles. The molecular formula is C12H25AlCl. The summed E-state index contributed by atoms with van der Waals surface area (Å²) < 4.78 is 0. The molecule has 14 heavy (non-hydrogen) atoms. The third kappa shape index (κ3) is 15.3. The highest BCUT2D eigenvalue weighted by atomic mass is 35.5. The lowest BCUT2D eigenvalue weighted by atomic mass is 10.1. The molecule has 0 nitrogen and oxygen atoms in total. The van der Waals surface area contributed by atoms with E-state index in [2.05, 4.69) is 6.92 Å². The van der Waals surface area contributed by atoms with Gasteiger partial charge in [0.25, 0.3) is 0 Å². The average Bonchev–Trinajstić information content (AvgIpc) is 2.16. The standard InChI is InChI=1S/C12H25Cl.Al/c1-2-3-4-5-6-7-8-9-10-11-12-13;/h2-12H2,1H3;. The van der Waals surface area contributed by atoms with Crippen LogP contribution in [0.15, 0.2) is 0 Å². The van der Waals surface area contributed by atoms with E-state index >= 15 is 0 Å². The zero-order chi connectivity index (χ0) is 9.78. The van der Waals surface area contributed by atoms with Crippen molar-refractivity contribution < 1.29 is 0 Å². The summed E-state index contributed by atoms with van der Waals surface area (Å²) in [5, 5.41) is 0. The van der Waals surface area contributed by atoms with Crippen molar-refractivity contribution >= 4 is 29.0 Å². The van der Waals surface area contributed by atoms with E-state index in [9.17, 15) is 0 Å². The Balaban J connectivity index is 0. The number of halogens is 1. The van der Waals surface area contributed by atoms with Gasteiger partial charge in [-0.3, -0.25) is 0 Å². The normalized spacial score (nSPS) is 9.86. The van der Waals surface area contributed by atoms with Crippen molar-refractivity contribution in [3.05, 3.63) is 0 Å². The minimum atomic E-state index is 0. The second-order valence-corrected chi connectivity index (χ2v) is 4.25. The maximum atomic E-state index is 5.60. The van der Waals surface area contributed by atoms with Crippen molar-refractivity contribution in [1.29, 1.82) is 0 Å². The van der Waals surface area contributed by atoms with Crippen LogP contribution in [0.2, 0.25) is 0 Å². The van der Waals surface area contributed by atoms with E-state index in [1.807, 2.05) is 0 Å². The highest BCUT2D eigenvalue weighted by Gasteiger charge is 1.91. The predicted octanol–water partition coefficient (Wildman–Crippen LogP) is 4.77. The summed E-state index contributed by atoms with van der Waals surface area (Å²) in [6.45, 7) is 2.27. The summed E-state index contributed by atoms with van der Waals surface area (Å²) in [4.78, 5) is 0. The maximum absolute atomic E-state index is 5.60. The number of hydrogen-bond donors (Lipinski definition) is 0. The SMILES string of the molecule is CCCCCCCCCCCCCl.[Al]. The molecule has 0 amide bonds. The fourth-order valence-corrected chi connectivity index (χ4v) is 1.77. The lowest BCUT2D eigenvalue weighted by Gasteiger charge is -2.00. The van der Waals surface area contributed by atoms with Crippen molar-refractivity contribution in [3.63, 3.8) is 0 Å². The van der Waals surface area contributed by atoms with Crippen LogP contribution in [0.25, 0.3) is 0 Å². The van der Waals surface area contributed by atoms with Crippen LogP contribution in [-0.2, 0) is 0 Å². The minimum Gasteiger partial charge on any atom is -0.127 e. The van der Waals surface area contributed by atoms with Gasteiger partial charge in [-0.15, -0.1) is 11.6 Å². The van der Waals surface area contributed by atoms with Gasteiger partial charge in [0.1, 0.15) is 0 Å². The van der Waals surface area contributed by atoms with E-state index in [1.165, 1.54) is 64.2 Å². The minimum absolute atomic E-state index is 0. The predicted molar refractivity (Wildman–Crippen MR) is 68.3 cm³/mol. The number of unbranched alkanes of at least 4 members (excludes halogenated alkanes) is 9. The van der Waals surface area contributed by atoms with Crippen molar-refractivity contribution in [2.75, 3.05) is 5.88 Å². The van der Waals surface area contributed by atoms with E-state index in [0.29, 0.717) is 0 Å². The van der Waals surface area contributed by atoms with Crippen LogP contribution in [0.1, 0.15) is 71.1 Å². The van der Waals surface area contributed by atoms with Crippen LogP contribution in [-0.4, -0.2) is 23.2 Å². The van der Waals surface area contributed by atoms with Crippen molar-refractivity contribution in [2.45, 2.75) is 71.1 Å². The largest absolute Gasteiger partial charge is 0.127 e. The third-order valence-corrected chi connectivity index (χ3v) is 2.75. The highest BCUT2D eigenvalue weighted by Crippen LogP contribution is 2.10. The van der Waals surface area contributed by atoms with Crippen LogP contribution >= 0.6 is 11.6 Å². The van der Waals surface area contributed by atoms with E-state index in [0.717, 1.165) is 5.88 Å². The van der Waals surface area contributed by atoms with Crippen LogP contribution in [0, 0.1) is 0 Å². The van der Waals surface area contributed by atoms with Gasteiger partial charge in [-0.1, -0.05) is 64.7 Å². The van der Waals surface area contributed by atoms with Crippen molar-refractivity contribution in [3.8, 4) is 0 Å². The second kappa shape index (κ2) is 16.3. The quantitative estimate of drug-likeness (QED) is 0.289. The Morgan fingerprint density at radius 3 is 1.36 bits per heavy atom. The smallest absolute Gasteiger partial charge is 0.0223 e. The number of alkyl halides is 1. The summed E-state index contributed by atoms with van der Waals surface area (Å²) in [6.07, 6.45) is 13.9. The molecule has 0 fully saturated rings. The highest BCUT2D eigenvalue weighted by molar-refractivity contribution is 6.17. The first-order valence-corrected chi connectivity index (χ1v) is 6.51. The third-order valence-electron chi connectivity index (χ3n) is 2.49. The van der Waals surface area contributed by atoms with Gasteiger partial charge in [0.05, 0.1) is 0 Å². The first-order valence-electron chi connectivity index (χ1n) is 5.97. The molecule has 2 heteroatoms. The Labute approximate surface area is 106 Å². The average molecular weight is 232 g/mol. The van der Waals surface area contributed by atoms with Crippen LogP contribution in [0.5, 0.6) is 0 Å². The molecule has 0 aliphatic heterocycles. The van der Waals surface area contributed by atoms with Crippen molar-refractivity contribution in [1.82, 2.24) is 0 Å². The summed E-state index contributed by atoms with van der Waals surface area (Å²) in [5.41, 5.74) is 0. The molecule has 0 unspecified atom stereocenters. The van der Waals surface area contributed by atoms with Gasteiger partial charge in [-0.2, -0.15) is 0 Å². The molecular weight excluding hydrogens is 207 g/mol. The molecule has 0 bridgehead atoms. The molecule has 83 valence electrons. The fraction of sp³-hybridized carbons (Fsp3) is 1.00. The first-order chi connectivity index (χ1) is 6.41. The second-order valence-electron chi connectivity index (χ2n) is 3.87. The summed E-state index contributed by atoms with van der Waals surface area (Å²) in [6, 6.07) is 0. The molecule has 3 radical (unpaired) electrons. The molecule has 0 aliphatic carbocycles. The number of hydrogen-bond acceptors (Lipinski definition) is 0. The van der Waals surface area contributed by atoms with E-state index < -0.39 is 0 Å². The van der Waals surface area contributed by atoms with Crippen molar-refractivity contribution in [2.24, 2.45) is 0 Å². The Morgan fingerprint density at radius 1 is 0.643 bits per heavy atom. The Hall–Kier alpha value is 0.822. The molecule has 0 saturated carbocycles. The van der Waals surface area contributed by atoms with Crippen LogP contribution in [0.3, 0.4) is 0 Å². The molecule has 0 saturated heterocycles. The summed E-state index contributed by atoms with van der Waals surface area (Å²) in [5.74, 6) is 0.844. The van der Waals surface area contributed by atoms with E-state index in [1.54, 1.807) is 0 Å². The Bertz CT molecular complexity index is 76.4. The molecule has 0 aromatic rings. The zero-order valence-electron chi connectivity index (χ0n) is 9.73. The van der Waals surface area contributed by atoms with Gasteiger partial charge in [-0.25, -0.2) is 0 Å². The van der Waals surface area contributed by atoms with Crippen LogP contribution < -0.4 is 0 Å². The number of rotatable bonds is 10. The fourth-order valence-electron chi connectivity index (χ4n) is 1.58. The molecule has 0 atom stereocenters. The maximum Gasteiger partial charge on any atom is 0.0223 e. The van der Waals surface area contributed by atoms with E-state index in [4.69, 9.17) is 11.6 Å².